The van der Waals surface area contributed by atoms with E-state index in [9.17, 15) is 14.7 Å². The van der Waals surface area contributed by atoms with E-state index in [4.69, 9.17) is 0 Å². The third-order valence-electron chi connectivity index (χ3n) is 4.36. The van der Waals surface area contributed by atoms with Gasteiger partial charge in [0.1, 0.15) is 5.76 Å². The summed E-state index contributed by atoms with van der Waals surface area (Å²) in [7, 11) is 0. The highest BCUT2D eigenvalue weighted by molar-refractivity contribution is 6.13. The van der Waals surface area contributed by atoms with Crippen LogP contribution < -0.4 is 0 Å². The second-order valence-electron chi connectivity index (χ2n) is 7.39. The van der Waals surface area contributed by atoms with Gasteiger partial charge in [0.2, 0.25) is 0 Å². The molecule has 3 heteroatoms. The normalized spacial score (nSPS) is 16.8. The minimum atomic E-state index is -1.01. The number of carbonyl (C=O) groups is 2. The first kappa shape index (κ1) is 20.1. The third kappa shape index (κ3) is 4.80. The second-order valence-corrected chi connectivity index (χ2v) is 7.39. The lowest BCUT2D eigenvalue weighted by Gasteiger charge is -2.35. The molecular formula is C21H30O3. The Morgan fingerprint density at radius 2 is 1.38 bits per heavy atom. The molecule has 0 saturated heterocycles. The molecule has 1 aliphatic carbocycles. The molecule has 0 spiro atoms. The van der Waals surface area contributed by atoms with Crippen LogP contribution in [0.4, 0.5) is 0 Å². The number of aliphatic hydroxyl groups is 1. The Labute approximate surface area is 145 Å². The molecule has 1 aliphatic rings. The van der Waals surface area contributed by atoms with Crippen LogP contribution in [0, 0.1) is 5.41 Å². The van der Waals surface area contributed by atoms with Crippen molar-refractivity contribution in [1.82, 2.24) is 0 Å². The molecule has 0 aromatic carbocycles. The van der Waals surface area contributed by atoms with Gasteiger partial charge in [-0.25, -0.2) is 0 Å². The van der Waals surface area contributed by atoms with Crippen LogP contribution in [0.1, 0.15) is 67.2 Å². The van der Waals surface area contributed by atoms with Crippen LogP contribution in [-0.4, -0.2) is 16.7 Å². The molecule has 24 heavy (non-hydrogen) atoms. The fourth-order valence-corrected chi connectivity index (χ4v) is 2.75. The van der Waals surface area contributed by atoms with Gasteiger partial charge in [-0.2, -0.15) is 0 Å². The molecule has 1 rings (SSSR count). The van der Waals surface area contributed by atoms with Gasteiger partial charge in [-0.3, -0.25) is 9.59 Å². The van der Waals surface area contributed by atoms with Gasteiger partial charge >= 0.3 is 0 Å². The zero-order chi connectivity index (χ0) is 18.5. The van der Waals surface area contributed by atoms with E-state index in [0.29, 0.717) is 24.8 Å². The first-order valence-corrected chi connectivity index (χ1v) is 8.49. The zero-order valence-electron chi connectivity index (χ0n) is 15.8. The summed E-state index contributed by atoms with van der Waals surface area (Å²) >= 11 is 0. The summed E-state index contributed by atoms with van der Waals surface area (Å²) < 4.78 is 0. The summed E-state index contributed by atoms with van der Waals surface area (Å²) in [5, 5.41) is 10.9. The fraction of sp³-hybridized carbons (Fsp3) is 0.524. The average Bonchev–Trinajstić information content (AvgIpc) is 2.45. The van der Waals surface area contributed by atoms with E-state index < -0.39 is 5.41 Å². The van der Waals surface area contributed by atoms with Gasteiger partial charge in [0.05, 0.1) is 11.8 Å². The molecule has 0 amide bonds. The molecule has 0 unspecified atom stereocenters. The van der Waals surface area contributed by atoms with Crippen LogP contribution in [-0.2, 0) is 9.59 Å². The van der Waals surface area contributed by atoms with Gasteiger partial charge in [0.25, 0.3) is 0 Å². The molecule has 0 fully saturated rings. The Hall–Kier alpha value is -1.90. The van der Waals surface area contributed by atoms with E-state index in [2.05, 4.69) is 0 Å². The lowest BCUT2D eigenvalue weighted by molar-refractivity contribution is -0.134. The van der Waals surface area contributed by atoms with Crippen molar-refractivity contribution in [1.29, 1.82) is 0 Å². The summed E-state index contributed by atoms with van der Waals surface area (Å²) in [5.41, 5.74) is 2.65. The molecule has 0 saturated carbocycles. The SMILES string of the molecule is CC(C)=CCC1=C(O)C(CC=C(C)C)(CC=C(C)C)C(=O)CC1=O. The van der Waals surface area contributed by atoms with E-state index in [0.717, 1.165) is 16.7 Å². The van der Waals surface area contributed by atoms with Crippen molar-refractivity contribution in [2.45, 2.75) is 67.2 Å². The van der Waals surface area contributed by atoms with Crippen LogP contribution in [0.15, 0.2) is 46.3 Å². The molecule has 0 aromatic heterocycles. The molecule has 3 nitrogen and oxygen atoms in total. The monoisotopic (exact) mass is 330 g/mol. The minimum absolute atomic E-state index is 0.0312. The molecule has 0 heterocycles. The minimum Gasteiger partial charge on any atom is -0.511 e. The van der Waals surface area contributed by atoms with Gasteiger partial charge in [-0.15, -0.1) is 0 Å². The van der Waals surface area contributed by atoms with E-state index in [1.54, 1.807) is 0 Å². The Bertz CT molecular complexity index is 610. The summed E-state index contributed by atoms with van der Waals surface area (Å²) in [6.07, 6.45) is 6.98. The topological polar surface area (TPSA) is 54.4 Å². The molecular weight excluding hydrogens is 300 g/mol. The van der Waals surface area contributed by atoms with E-state index in [-0.39, 0.29) is 23.7 Å². The maximum absolute atomic E-state index is 12.8. The average molecular weight is 330 g/mol. The number of rotatable bonds is 6. The van der Waals surface area contributed by atoms with Gasteiger partial charge in [0.15, 0.2) is 11.6 Å². The number of carbonyl (C=O) groups excluding carboxylic acids is 2. The first-order valence-electron chi connectivity index (χ1n) is 8.49. The number of Topliss-reactive ketones (excluding diaryl/α,β-unsaturated/α-hetero) is 2. The standard InChI is InChI=1S/C21H30O3/c1-14(2)7-8-17-18(22)13-19(23)21(20(17)24,11-9-15(3)4)12-10-16(5)6/h7,9-10,24H,8,11-13H2,1-6H3. The van der Waals surface area contributed by atoms with Crippen molar-refractivity contribution in [3.8, 4) is 0 Å². The van der Waals surface area contributed by atoms with Crippen molar-refractivity contribution in [3.05, 3.63) is 46.3 Å². The second kappa shape index (κ2) is 8.27. The lowest BCUT2D eigenvalue weighted by Crippen LogP contribution is -2.40. The Kier molecular flexibility index (Phi) is 6.94. The predicted molar refractivity (Wildman–Crippen MR) is 98.9 cm³/mol. The number of ketones is 2. The van der Waals surface area contributed by atoms with Crippen molar-refractivity contribution >= 4 is 11.6 Å². The highest BCUT2D eigenvalue weighted by Gasteiger charge is 2.46. The summed E-state index contributed by atoms with van der Waals surface area (Å²) in [6.45, 7) is 11.8. The summed E-state index contributed by atoms with van der Waals surface area (Å²) in [5.74, 6) is -0.461. The number of aliphatic hydroxyl groups excluding tert-OH is 1. The fourth-order valence-electron chi connectivity index (χ4n) is 2.75. The van der Waals surface area contributed by atoms with Crippen molar-refractivity contribution < 1.29 is 14.7 Å². The van der Waals surface area contributed by atoms with E-state index >= 15 is 0 Å². The van der Waals surface area contributed by atoms with E-state index in [1.807, 2.05) is 59.8 Å². The molecule has 0 atom stereocenters. The van der Waals surface area contributed by atoms with Gasteiger partial charge in [-0.05, 0) is 60.8 Å². The Morgan fingerprint density at radius 1 is 0.917 bits per heavy atom. The third-order valence-corrected chi connectivity index (χ3v) is 4.36. The zero-order valence-corrected chi connectivity index (χ0v) is 15.8. The predicted octanol–water partition coefficient (Wildman–Crippen LogP) is 5.40. The van der Waals surface area contributed by atoms with Crippen LogP contribution in [0.3, 0.4) is 0 Å². The maximum atomic E-state index is 12.8. The summed E-state index contributed by atoms with van der Waals surface area (Å²) in [6, 6.07) is 0. The van der Waals surface area contributed by atoms with Crippen LogP contribution >= 0.6 is 0 Å². The van der Waals surface area contributed by atoms with Crippen LogP contribution in [0.2, 0.25) is 0 Å². The molecule has 0 radical (unpaired) electrons. The molecule has 132 valence electrons. The molecule has 0 aliphatic heterocycles. The van der Waals surface area contributed by atoms with E-state index in [1.165, 1.54) is 0 Å². The quantitative estimate of drug-likeness (QED) is 0.524. The summed E-state index contributed by atoms with van der Waals surface area (Å²) in [4.78, 5) is 25.0. The maximum Gasteiger partial charge on any atom is 0.169 e. The Morgan fingerprint density at radius 3 is 1.79 bits per heavy atom. The number of hydrogen-bond acceptors (Lipinski definition) is 3. The lowest BCUT2D eigenvalue weighted by atomic mass is 9.67. The molecule has 0 aromatic rings. The van der Waals surface area contributed by atoms with Gasteiger partial charge in [-0.1, -0.05) is 34.9 Å². The number of allylic oxidation sites excluding steroid dienone is 8. The smallest absolute Gasteiger partial charge is 0.169 e. The van der Waals surface area contributed by atoms with Gasteiger partial charge in [0, 0.05) is 5.57 Å². The van der Waals surface area contributed by atoms with Crippen molar-refractivity contribution in [2.24, 2.45) is 5.41 Å². The van der Waals surface area contributed by atoms with Crippen LogP contribution in [0.25, 0.3) is 0 Å². The Balaban J connectivity index is 3.46. The molecule has 0 bridgehead atoms. The van der Waals surface area contributed by atoms with Crippen molar-refractivity contribution in [2.75, 3.05) is 0 Å². The molecule has 1 N–H and O–H groups in total. The van der Waals surface area contributed by atoms with Crippen LogP contribution in [0.5, 0.6) is 0 Å². The number of hydrogen-bond donors (Lipinski definition) is 1. The van der Waals surface area contributed by atoms with Crippen molar-refractivity contribution in [3.63, 3.8) is 0 Å². The highest BCUT2D eigenvalue weighted by atomic mass is 16.3. The van der Waals surface area contributed by atoms with Gasteiger partial charge < -0.3 is 5.11 Å². The largest absolute Gasteiger partial charge is 0.511 e. The first-order chi connectivity index (χ1) is 11.1. The highest BCUT2D eigenvalue weighted by Crippen LogP contribution is 2.43.